The molecule has 0 fully saturated rings. The fourth-order valence-corrected chi connectivity index (χ4v) is 0.438. The SMILES string of the molecule is CC(=O)OCCC(C)C.COC(=O)O. The molecule has 0 bridgehead atoms. The van der Waals surface area contributed by atoms with Crippen LogP contribution in [0.1, 0.15) is 27.2 Å². The monoisotopic (exact) mass is 206 g/mol. The van der Waals surface area contributed by atoms with Crippen molar-refractivity contribution in [2.45, 2.75) is 27.2 Å². The van der Waals surface area contributed by atoms with Crippen LogP contribution in [0.2, 0.25) is 0 Å². The molecule has 5 heteroatoms. The Balaban J connectivity index is 0. The van der Waals surface area contributed by atoms with Gasteiger partial charge in [0.2, 0.25) is 0 Å². The lowest BCUT2D eigenvalue weighted by atomic mass is 10.1. The molecule has 0 saturated carbocycles. The van der Waals surface area contributed by atoms with E-state index < -0.39 is 6.16 Å². The van der Waals surface area contributed by atoms with Gasteiger partial charge in [0.25, 0.3) is 0 Å². The molecule has 0 aromatic rings. The molecule has 0 spiro atoms. The van der Waals surface area contributed by atoms with Crippen molar-refractivity contribution in [2.24, 2.45) is 5.92 Å². The van der Waals surface area contributed by atoms with Gasteiger partial charge in [0, 0.05) is 6.92 Å². The predicted octanol–water partition coefficient (Wildman–Crippen LogP) is 1.91. The van der Waals surface area contributed by atoms with Crippen LogP contribution in [-0.2, 0) is 14.3 Å². The first-order chi connectivity index (χ1) is 6.40. The summed E-state index contributed by atoms with van der Waals surface area (Å²) in [5.74, 6) is 0.431. The summed E-state index contributed by atoms with van der Waals surface area (Å²) in [5, 5.41) is 7.50. The zero-order chi connectivity index (χ0) is 11.6. The fourth-order valence-electron chi connectivity index (χ4n) is 0.438. The summed E-state index contributed by atoms with van der Waals surface area (Å²) >= 11 is 0. The maximum atomic E-state index is 10.2. The quantitative estimate of drug-likeness (QED) is 0.714. The Morgan fingerprint density at radius 1 is 1.36 bits per heavy atom. The molecular formula is C9H18O5. The highest BCUT2D eigenvalue weighted by molar-refractivity contribution is 5.65. The number of esters is 1. The number of hydrogen-bond donors (Lipinski definition) is 1. The first-order valence-electron chi connectivity index (χ1n) is 4.30. The summed E-state index contributed by atoms with van der Waals surface area (Å²) in [6, 6.07) is 0. The fraction of sp³-hybridized carbons (Fsp3) is 0.778. The van der Waals surface area contributed by atoms with E-state index in [1.807, 2.05) is 0 Å². The average molecular weight is 206 g/mol. The summed E-state index contributed by atoms with van der Waals surface area (Å²) in [5.41, 5.74) is 0. The first kappa shape index (κ1) is 15.2. The Kier molecular flexibility index (Phi) is 10.7. The lowest BCUT2D eigenvalue weighted by Crippen LogP contribution is -2.02. The van der Waals surface area contributed by atoms with Crippen LogP contribution in [0, 0.1) is 5.92 Å². The molecule has 0 amide bonds. The van der Waals surface area contributed by atoms with Gasteiger partial charge in [-0.3, -0.25) is 4.79 Å². The standard InChI is InChI=1S/C7H14O2.C2H4O3/c1-6(2)4-5-9-7(3)8;1-5-2(3)4/h6H,4-5H2,1-3H3;1H3,(H,3,4). The maximum absolute atomic E-state index is 10.2. The van der Waals surface area contributed by atoms with Crippen molar-refractivity contribution in [2.75, 3.05) is 13.7 Å². The zero-order valence-corrected chi connectivity index (χ0v) is 9.07. The van der Waals surface area contributed by atoms with Crippen LogP contribution in [0.5, 0.6) is 0 Å². The molecule has 0 heterocycles. The maximum Gasteiger partial charge on any atom is 0.505 e. The van der Waals surface area contributed by atoms with E-state index >= 15 is 0 Å². The third kappa shape index (κ3) is 22.4. The Bertz CT molecular complexity index is 165. The van der Waals surface area contributed by atoms with Gasteiger partial charge in [-0.15, -0.1) is 0 Å². The van der Waals surface area contributed by atoms with Gasteiger partial charge in [0.05, 0.1) is 13.7 Å². The van der Waals surface area contributed by atoms with Gasteiger partial charge in [0.1, 0.15) is 0 Å². The molecule has 0 aliphatic heterocycles. The number of carbonyl (C=O) groups excluding carboxylic acids is 1. The van der Waals surface area contributed by atoms with Gasteiger partial charge < -0.3 is 14.6 Å². The molecule has 0 aromatic heterocycles. The van der Waals surface area contributed by atoms with E-state index in [4.69, 9.17) is 14.6 Å². The molecule has 0 aliphatic rings. The largest absolute Gasteiger partial charge is 0.505 e. The molecule has 5 nitrogen and oxygen atoms in total. The number of hydrogen-bond acceptors (Lipinski definition) is 4. The van der Waals surface area contributed by atoms with Crippen LogP contribution in [0.25, 0.3) is 0 Å². The van der Waals surface area contributed by atoms with Gasteiger partial charge in [-0.05, 0) is 12.3 Å². The highest BCUT2D eigenvalue weighted by Gasteiger charge is 1.94. The molecule has 0 aliphatic carbocycles. The highest BCUT2D eigenvalue weighted by Crippen LogP contribution is 1.98. The summed E-state index contributed by atoms with van der Waals surface area (Å²) < 4.78 is 8.38. The van der Waals surface area contributed by atoms with Crippen molar-refractivity contribution in [1.82, 2.24) is 0 Å². The van der Waals surface area contributed by atoms with Gasteiger partial charge in [0.15, 0.2) is 0 Å². The third-order valence-corrected chi connectivity index (χ3v) is 1.18. The van der Waals surface area contributed by atoms with Crippen molar-refractivity contribution >= 4 is 12.1 Å². The van der Waals surface area contributed by atoms with Crippen LogP contribution < -0.4 is 0 Å². The lowest BCUT2D eigenvalue weighted by molar-refractivity contribution is -0.141. The molecule has 1 N–H and O–H groups in total. The Morgan fingerprint density at radius 3 is 2.00 bits per heavy atom. The van der Waals surface area contributed by atoms with E-state index in [1.165, 1.54) is 6.92 Å². The number of ether oxygens (including phenoxy) is 2. The second-order valence-electron chi connectivity index (χ2n) is 2.99. The molecule has 0 radical (unpaired) electrons. The molecule has 14 heavy (non-hydrogen) atoms. The van der Waals surface area contributed by atoms with Crippen LogP contribution in [-0.4, -0.2) is 30.9 Å². The molecule has 0 unspecified atom stereocenters. The summed E-state index contributed by atoms with van der Waals surface area (Å²) in [6.07, 6.45) is -0.287. The molecule has 0 aromatic carbocycles. The van der Waals surface area contributed by atoms with E-state index in [0.717, 1.165) is 13.5 Å². The van der Waals surface area contributed by atoms with Gasteiger partial charge in [-0.1, -0.05) is 13.8 Å². The van der Waals surface area contributed by atoms with Crippen molar-refractivity contribution in [3.8, 4) is 0 Å². The summed E-state index contributed by atoms with van der Waals surface area (Å²) in [4.78, 5) is 19.3. The van der Waals surface area contributed by atoms with Crippen molar-refractivity contribution < 1.29 is 24.2 Å². The van der Waals surface area contributed by atoms with Crippen molar-refractivity contribution in [1.29, 1.82) is 0 Å². The van der Waals surface area contributed by atoms with Gasteiger partial charge in [-0.25, -0.2) is 4.79 Å². The minimum absolute atomic E-state index is 0.185. The van der Waals surface area contributed by atoms with E-state index in [9.17, 15) is 4.79 Å². The topological polar surface area (TPSA) is 72.8 Å². The molecule has 0 atom stereocenters. The minimum atomic E-state index is -1.25. The van der Waals surface area contributed by atoms with Crippen molar-refractivity contribution in [3.05, 3.63) is 0 Å². The van der Waals surface area contributed by atoms with Crippen LogP contribution in [0.15, 0.2) is 0 Å². The second-order valence-corrected chi connectivity index (χ2v) is 2.99. The number of carbonyl (C=O) groups is 2. The molecule has 0 rings (SSSR count). The Hall–Kier alpha value is -1.26. The zero-order valence-electron chi connectivity index (χ0n) is 9.07. The smallest absolute Gasteiger partial charge is 0.466 e. The first-order valence-corrected chi connectivity index (χ1v) is 4.30. The third-order valence-electron chi connectivity index (χ3n) is 1.18. The van der Waals surface area contributed by atoms with E-state index in [1.54, 1.807) is 0 Å². The highest BCUT2D eigenvalue weighted by atomic mass is 16.6. The van der Waals surface area contributed by atoms with Crippen LogP contribution >= 0.6 is 0 Å². The van der Waals surface area contributed by atoms with Gasteiger partial charge >= 0.3 is 12.1 Å². The Labute approximate surface area is 84.0 Å². The number of carboxylic acid groups (broad SMARTS) is 1. The molecule has 84 valence electrons. The second kappa shape index (κ2) is 9.83. The number of rotatable bonds is 3. The molecular weight excluding hydrogens is 188 g/mol. The van der Waals surface area contributed by atoms with E-state index in [-0.39, 0.29) is 5.97 Å². The van der Waals surface area contributed by atoms with Crippen molar-refractivity contribution in [3.63, 3.8) is 0 Å². The van der Waals surface area contributed by atoms with E-state index in [2.05, 4.69) is 18.6 Å². The van der Waals surface area contributed by atoms with Crippen LogP contribution in [0.3, 0.4) is 0 Å². The Morgan fingerprint density at radius 2 is 1.79 bits per heavy atom. The van der Waals surface area contributed by atoms with Gasteiger partial charge in [-0.2, -0.15) is 0 Å². The molecule has 0 saturated heterocycles. The minimum Gasteiger partial charge on any atom is -0.466 e. The normalized spacial score (nSPS) is 8.64. The summed E-state index contributed by atoms with van der Waals surface area (Å²) in [7, 11) is 1.10. The van der Waals surface area contributed by atoms with Crippen LogP contribution in [0.4, 0.5) is 4.79 Å². The summed E-state index contributed by atoms with van der Waals surface area (Å²) in [6.45, 7) is 6.19. The van der Waals surface area contributed by atoms with E-state index in [0.29, 0.717) is 12.5 Å². The predicted molar refractivity (Wildman–Crippen MR) is 51.1 cm³/mol. The lowest BCUT2D eigenvalue weighted by Gasteiger charge is -2.02. The number of methoxy groups -OCH3 is 1. The average Bonchev–Trinajstić information content (AvgIpc) is 2.04.